The number of benzene rings is 2. The second-order valence-corrected chi connectivity index (χ2v) is 4.71. The number of halogens is 3. The highest BCUT2D eigenvalue weighted by Gasteiger charge is 2.31. The average Bonchev–Trinajstić information content (AvgIpc) is 2.53. The zero-order valence-electron chi connectivity index (χ0n) is 11.9. The molecule has 0 fully saturated rings. The van der Waals surface area contributed by atoms with Crippen LogP contribution in [0.4, 0.5) is 23.7 Å². The van der Waals surface area contributed by atoms with Gasteiger partial charge in [0.1, 0.15) is 6.61 Å². The molecule has 2 aromatic carbocycles. The molecule has 0 aliphatic heterocycles. The van der Waals surface area contributed by atoms with Gasteiger partial charge >= 0.3 is 12.3 Å². The van der Waals surface area contributed by atoms with E-state index in [4.69, 9.17) is 9.84 Å². The van der Waals surface area contributed by atoms with Crippen molar-refractivity contribution in [3.8, 4) is 0 Å². The minimum absolute atomic E-state index is 0.0138. The van der Waals surface area contributed by atoms with E-state index in [9.17, 15) is 18.0 Å². The van der Waals surface area contributed by atoms with E-state index in [1.54, 1.807) is 30.3 Å². The number of anilines is 1. The first-order valence-corrected chi connectivity index (χ1v) is 6.69. The van der Waals surface area contributed by atoms with Crippen LogP contribution in [0.5, 0.6) is 0 Å². The van der Waals surface area contributed by atoms with E-state index in [1.807, 2.05) is 0 Å². The van der Waals surface area contributed by atoms with Gasteiger partial charge in [0.2, 0.25) is 0 Å². The lowest BCUT2D eigenvalue weighted by atomic mass is 10.1. The van der Waals surface area contributed by atoms with Crippen LogP contribution in [0.15, 0.2) is 48.5 Å². The molecule has 0 heterocycles. The Morgan fingerprint density at radius 2 is 1.83 bits per heavy atom. The molecule has 0 saturated carbocycles. The van der Waals surface area contributed by atoms with Gasteiger partial charge in [-0.1, -0.05) is 36.4 Å². The standard InChI is InChI=1S/C16H14F3NO3/c17-16(18,19)13-7-6-12(9-21)14(8-13)20-15(22)23-10-11-4-2-1-3-5-11/h1-8,21H,9-10H2,(H,20,22). The summed E-state index contributed by atoms with van der Waals surface area (Å²) in [5.41, 5.74) is -0.155. The summed E-state index contributed by atoms with van der Waals surface area (Å²) in [5, 5.41) is 11.4. The Balaban J connectivity index is 2.07. The summed E-state index contributed by atoms with van der Waals surface area (Å²) in [6.45, 7) is -0.521. The summed E-state index contributed by atoms with van der Waals surface area (Å²) < 4.78 is 43.1. The molecule has 0 saturated heterocycles. The minimum atomic E-state index is -4.54. The molecule has 1 amide bonds. The number of aliphatic hydroxyl groups is 1. The third-order valence-corrected chi connectivity index (χ3v) is 3.06. The summed E-state index contributed by atoms with van der Waals surface area (Å²) in [4.78, 5) is 11.7. The number of carbonyl (C=O) groups excluding carboxylic acids is 1. The first kappa shape index (κ1) is 16.8. The number of hydrogen-bond acceptors (Lipinski definition) is 3. The van der Waals surface area contributed by atoms with Crippen molar-refractivity contribution in [1.82, 2.24) is 0 Å². The molecule has 7 heteroatoms. The molecule has 23 heavy (non-hydrogen) atoms. The third-order valence-electron chi connectivity index (χ3n) is 3.06. The number of carbonyl (C=O) groups is 1. The Hall–Kier alpha value is -2.54. The molecule has 0 aliphatic rings. The lowest BCUT2D eigenvalue weighted by molar-refractivity contribution is -0.137. The summed E-state index contributed by atoms with van der Waals surface area (Å²) in [6.07, 6.45) is -5.44. The number of rotatable bonds is 4. The van der Waals surface area contributed by atoms with Crippen LogP contribution in [-0.4, -0.2) is 11.2 Å². The van der Waals surface area contributed by atoms with Gasteiger partial charge in [-0.15, -0.1) is 0 Å². The second-order valence-electron chi connectivity index (χ2n) is 4.71. The summed E-state index contributed by atoms with van der Waals surface area (Å²) in [6, 6.07) is 11.5. The molecule has 0 radical (unpaired) electrons. The Labute approximate surface area is 130 Å². The smallest absolute Gasteiger partial charge is 0.416 e. The van der Waals surface area contributed by atoms with E-state index in [2.05, 4.69) is 5.32 Å². The fourth-order valence-electron chi connectivity index (χ4n) is 1.88. The van der Waals surface area contributed by atoms with E-state index in [-0.39, 0.29) is 17.9 Å². The van der Waals surface area contributed by atoms with E-state index in [0.29, 0.717) is 0 Å². The Kier molecular flexibility index (Phi) is 5.23. The number of alkyl halides is 3. The van der Waals surface area contributed by atoms with Crippen LogP contribution in [0, 0.1) is 0 Å². The lowest BCUT2D eigenvalue weighted by Crippen LogP contribution is -2.16. The molecule has 0 unspecified atom stereocenters. The van der Waals surface area contributed by atoms with Gasteiger partial charge in [0, 0.05) is 5.56 Å². The predicted octanol–water partition coefficient (Wildman–Crippen LogP) is 3.95. The molecular weight excluding hydrogens is 311 g/mol. The van der Waals surface area contributed by atoms with E-state index in [0.717, 1.165) is 23.8 Å². The summed E-state index contributed by atoms with van der Waals surface area (Å²) >= 11 is 0. The molecular formula is C16H14F3NO3. The van der Waals surface area contributed by atoms with Crippen LogP contribution in [0.25, 0.3) is 0 Å². The third kappa shape index (κ3) is 4.72. The van der Waals surface area contributed by atoms with Gasteiger partial charge < -0.3 is 9.84 Å². The summed E-state index contributed by atoms with van der Waals surface area (Å²) in [5.74, 6) is 0. The largest absolute Gasteiger partial charge is 0.444 e. The second kappa shape index (κ2) is 7.15. The fraction of sp³-hybridized carbons (Fsp3) is 0.188. The first-order chi connectivity index (χ1) is 10.9. The van der Waals surface area contributed by atoms with Gasteiger partial charge in [-0.2, -0.15) is 13.2 Å². The molecule has 0 aliphatic carbocycles. The highest BCUT2D eigenvalue weighted by Crippen LogP contribution is 2.32. The van der Waals surface area contributed by atoms with Crippen LogP contribution < -0.4 is 5.32 Å². The highest BCUT2D eigenvalue weighted by molar-refractivity contribution is 5.85. The van der Waals surface area contributed by atoms with Crippen molar-refractivity contribution in [3.63, 3.8) is 0 Å². The monoisotopic (exact) mass is 325 g/mol. The maximum Gasteiger partial charge on any atom is 0.416 e. The maximum absolute atomic E-state index is 12.7. The molecule has 0 atom stereocenters. The van der Waals surface area contributed by atoms with E-state index < -0.39 is 24.4 Å². The molecule has 0 aromatic heterocycles. The molecule has 2 rings (SSSR count). The summed E-state index contributed by atoms with van der Waals surface area (Å²) in [7, 11) is 0. The maximum atomic E-state index is 12.7. The van der Waals surface area contributed by atoms with Gasteiger partial charge in [-0.3, -0.25) is 5.32 Å². The Morgan fingerprint density at radius 3 is 2.43 bits per heavy atom. The zero-order chi connectivity index (χ0) is 16.9. The van der Waals surface area contributed by atoms with Crippen LogP contribution >= 0.6 is 0 Å². The Morgan fingerprint density at radius 1 is 1.13 bits per heavy atom. The average molecular weight is 325 g/mol. The molecule has 4 nitrogen and oxygen atoms in total. The van der Waals surface area contributed by atoms with Crippen molar-refractivity contribution in [3.05, 3.63) is 65.2 Å². The number of nitrogens with one attached hydrogen (secondary N) is 1. The number of amides is 1. The van der Waals surface area contributed by atoms with Crippen LogP contribution in [0.3, 0.4) is 0 Å². The van der Waals surface area contributed by atoms with Crippen molar-refractivity contribution in [2.75, 3.05) is 5.32 Å². The number of hydrogen-bond donors (Lipinski definition) is 2. The van der Waals surface area contributed by atoms with Crippen molar-refractivity contribution < 1.29 is 27.8 Å². The normalized spacial score (nSPS) is 11.1. The van der Waals surface area contributed by atoms with Crippen LogP contribution in [0.1, 0.15) is 16.7 Å². The van der Waals surface area contributed by atoms with E-state index >= 15 is 0 Å². The van der Waals surface area contributed by atoms with Gasteiger partial charge in [0.05, 0.1) is 17.9 Å². The molecule has 0 bridgehead atoms. The van der Waals surface area contributed by atoms with Crippen LogP contribution in [0.2, 0.25) is 0 Å². The number of aliphatic hydroxyl groups excluding tert-OH is 1. The van der Waals surface area contributed by atoms with Crippen LogP contribution in [-0.2, 0) is 24.1 Å². The first-order valence-electron chi connectivity index (χ1n) is 6.69. The quantitative estimate of drug-likeness (QED) is 0.895. The van der Waals surface area contributed by atoms with Crippen molar-refractivity contribution in [2.24, 2.45) is 0 Å². The van der Waals surface area contributed by atoms with Gasteiger partial charge in [0.15, 0.2) is 0 Å². The van der Waals surface area contributed by atoms with Gasteiger partial charge in [0.25, 0.3) is 0 Å². The van der Waals surface area contributed by atoms with Gasteiger partial charge in [-0.05, 0) is 17.7 Å². The molecule has 0 spiro atoms. The molecule has 2 aromatic rings. The van der Waals surface area contributed by atoms with Crippen molar-refractivity contribution >= 4 is 11.8 Å². The lowest BCUT2D eigenvalue weighted by Gasteiger charge is -2.13. The molecule has 2 N–H and O–H groups in total. The minimum Gasteiger partial charge on any atom is -0.444 e. The van der Waals surface area contributed by atoms with Crippen molar-refractivity contribution in [2.45, 2.75) is 19.4 Å². The topological polar surface area (TPSA) is 58.6 Å². The Bertz CT molecular complexity index is 672. The SMILES string of the molecule is O=C(Nc1cc(C(F)(F)F)ccc1CO)OCc1ccccc1. The van der Waals surface area contributed by atoms with Gasteiger partial charge in [-0.25, -0.2) is 4.79 Å². The predicted molar refractivity (Wildman–Crippen MR) is 77.6 cm³/mol. The fourth-order valence-corrected chi connectivity index (χ4v) is 1.88. The number of ether oxygens (including phenoxy) is 1. The van der Waals surface area contributed by atoms with E-state index in [1.165, 1.54) is 0 Å². The molecule has 122 valence electrons. The van der Waals surface area contributed by atoms with Crippen molar-refractivity contribution in [1.29, 1.82) is 0 Å². The zero-order valence-corrected chi connectivity index (χ0v) is 11.9. The highest BCUT2D eigenvalue weighted by atomic mass is 19.4.